The minimum atomic E-state index is 0.579. The van der Waals surface area contributed by atoms with Crippen LogP contribution in [0.5, 0.6) is 5.75 Å². The lowest BCUT2D eigenvalue weighted by Gasteiger charge is -2.38. The first-order chi connectivity index (χ1) is 13.7. The van der Waals surface area contributed by atoms with E-state index in [4.69, 9.17) is 9.47 Å². The van der Waals surface area contributed by atoms with Crippen molar-refractivity contribution >= 4 is 11.6 Å². The molecule has 0 radical (unpaired) electrons. The number of piperazine rings is 1. The van der Waals surface area contributed by atoms with Crippen LogP contribution in [0.2, 0.25) is 0 Å². The second-order valence-corrected chi connectivity index (χ2v) is 7.62. The molecule has 0 aromatic heterocycles. The van der Waals surface area contributed by atoms with Gasteiger partial charge in [0, 0.05) is 65.1 Å². The average Bonchev–Trinajstić information content (AvgIpc) is 2.75. The zero-order valence-electron chi connectivity index (χ0n) is 17.6. The fourth-order valence-electron chi connectivity index (χ4n) is 3.86. The quantitative estimate of drug-likeness (QED) is 0.586. The average molecular weight is 390 g/mol. The van der Waals surface area contributed by atoms with Crippen LogP contribution in [0.3, 0.4) is 0 Å². The zero-order chi connectivity index (χ0) is 19.8. The number of ether oxygens (including phenoxy) is 2. The molecule has 0 saturated carbocycles. The van der Waals surface area contributed by atoms with Crippen LogP contribution >= 0.6 is 0 Å². The number of nitrogens with zero attached hydrogens (tertiary/aromatic N) is 4. The Bertz CT molecular complexity index is 608. The molecule has 3 rings (SSSR count). The number of nitrogens with one attached hydrogen (secondary N) is 1. The molecule has 1 unspecified atom stereocenters. The maximum atomic E-state index is 5.44. The first kappa shape index (κ1) is 20.7. The minimum absolute atomic E-state index is 0.579. The Morgan fingerprint density at radius 2 is 1.79 bits per heavy atom. The molecule has 7 heteroatoms. The fourth-order valence-corrected chi connectivity index (χ4v) is 3.86. The second kappa shape index (κ2) is 10.5. The molecule has 0 bridgehead atoms. The van der Waals surface area contributed by atoms with Gasteiger partial charge in [0.05, 0.1) is 20.3 Å². The van der Waals surface area contributed by atoms with Gasteiger partial charge in [0.2, 0.25) is 0 Å². The van der Waals surface area contributed by atoms with Crippen LogP contribution in [0.1, 0.15) is 6.92 Å². The molecule has 0 aliphatic carbocycles. The smallest absolute Gasteiger partial charge is 0.193 e. The van der Waals surface area contributed by atoms with E-state index in [1.807, 2.05) is 19.2 Å². The largest absolute Gasteiger partial charge is 0.497 e. The third-order valence-corrected chi connectivity index (χ3v) is 5.51. The zero-order valence-corrected chi connectivity index (χ0v) is 17.6. The third-order valence-electron chi connectivity index (χ3n) is 5.51. The van der Waals surface area contributed by atoms with E-state index in [2.05, 4.69) is 44.1 Å². The molecule has 1 aromatic rings. The number of methoxy groups -OCH3 is 1. The van der Waals surface area contributed by atoms with Crippen LogP contribution in [-0.4, -0.2) is 95.5 Å². The summed E-state index contributed by atoms with van der Waals surface area (Å²) in [4.78, 5) is 11.8. The summed E-state index contributed by atoms with van der Waals surface area (Å²) in [5.41, 5.74) is 1.25. The number of guanidine groups is 1. The van der Waals surface area contributed by atoms with Gasteiger partial charge in [0.25, 0.3) is 0 Å². The van der Waals surface area contributed by atoms with Crippen LogP contribution in [-0.2, 0) is 4.74 Å². The molecule has 2 aliphatic rings. The lowest BCUT2D eigenvalue weighted by molar-refractivity contribution is 0.0320. The van der Waals surface area contributed by atoms with Crippen molar-refractivity contribution in [2.75, 3.05) is 84.6 Å². The Balaban J connectivity index is 1.42. The van der Waals surface area contributed by atoms with E-state index in [0.717, 1.165) is 77.3 Å². The SMILES string of the molecule is CN=C(NCC(C)CN1CCOCC1)N1CCN(c2ccc(OC)cc2)CC1. The van der Waals surface area contributed by atoms with E-state index >= 15 is 0 Å². The summed E-state index contributed by atoms with van der Waals surface area (Å²) in [6.45, 7) is 12.1. The van der Waals surface area contributed by atoms with E-state index in [1.54, 1.807) is 7.11 Å². The predicted molar refractivity (Wildman–Crippen MR) is 115 cm³/mol. The van der Waals surface area contributed by atoms with Gasteiger partial charge in [-0.3, -0.25) is 9.89 Å². The number of aliphatic imine (C=N–C) groups is 1. The van der Waals surface area contributed by atoms with Gasteiger partial charge in [-0.1, -0.05) is 6.92 Å². The molecule has 2 fully saturated rings. The van der Waals surface area contributed by atoms with Gasteiger partial charge >= 0.3 is 0 Å². The van der Waals surface area contributed by atoms with Crippen molar-refractivity contribution in [2.24, 2.45) is 10.9 Å². The molecule has 1 atom stereocenters. The lowest BCUT2D eigenvalue weighted by atomic mass is 10.1. The van der Waals surface area contributed by atoms with Gasteiger partial charge in [0.15, 0.2) is 5.96 Å². The normalized spacial score (nSPS) is 20.2. The van der Waals surface area contributed by atoms with Crippen molar-refractivity contribution in [1.82, 2.24) is 15.1 Å². The highest BCUT2D eigenvalue weighted by atomic mass is 16.5. The van der Waals surface area contributed by atoms with Gasteiger partial charge in [-0.2, -0.15) is 0 Å². The molecule has 1 N–H and O–H groups in total. The summed E-state index contributed by atoms with van der Waals surface area (Å²) in [5, 5.41) is 3.58. The minimum Gasteiger partial charge on any atom is -0.497 e. The molecular weight excluding hydrogens is 354 g/mol. The number of hydrogen-bond acceptors (Lipinski definition) is 5. The Hall–Kier alpha value is -1.99. The molecular formula is C21H35N5O2. The predicted octanol–water partition coefficient (Wildman–Crippen LogP) is 1.36. The first-order valence-electron chi connectivity index (χ1n) is 10.3. The lowest BCUT2D eigenvalue weighted by Crippen LogP contribution is -2.53. The topological polar surface area (TPSA) is 52.6 Å². The number of rotatable bonds is 6. The summed E-state index contributed by atoms with van der Waals surface area (Å²) in [5.74, 6) is 2.50. The number of morpholine rings is 1. The molecule has 0 spiro atoms. The molecule has 2 heterocycles. The molecule has 1 aromatic carbocycles. The summed E-state index contributed by atoms with van der Waals surface area (Å²) in [6, 6.07) is 8.32. The first-order valence-corrected chi connectivity index (χ1v) is 10.3. The van der Waals surface area contributed by atoms with E-state index in [-0.39, 0.29) is 0 Å². The Morgan fingerprint density at radius 1 is 1.11 bits per heavy atom. The van der Waals surface area contributed by atoms with E-state index < -0.39 is 0 Å². The highest BCUT2D eigenvalue weighted by Crippen LogP contribution is 2.20. The molecule has 2 saturated heterocycles. The van der Waals surface area contributed by atoms with Crippen molar-refractivity contribution in [2.45, 2.75) is 6.92 Å². The maximum Gasteiger partial charge on any atom is 0.193 e. The third kappa shape index (κ3) is 5.75. The van der Waals surface area contributed by atoms with Crippen molar-refractivity contribution in [3.63, 3.8) is 0 Å². The number of anilines is 1. The van der Waals surface area contributed by atoms with Gasteiger partial charge in [0.1, 0.15) is 5.75 Å². The molecule has 7 nitrogen and oxygen atoms in total. The summed E-state index contributed by atoms with van der Waals surface area (Å²) < 4.78 is 10.7. The monoisotopic (exact) mass is 389 g/mol. The molecule has 28 heavy (non-hydrogen) atoms. The van der Waals surface area contributed by atoms with E-state index in [0.29, 0.717) is 5.92 Å². The van der Waals surface area contributed by atoms with Gasteiger partial charge in [-0.05, 0) is 30.2 Å². The standard InChI is InChI=1S/C21H35N5O2/c1-18(17-24-12-14-28-15-13-24)16-23-21(22-2)26-10-8-25(9-11-26)19-4-6-20(27-3)7-5-19/h4-7,18H,8-17H2,1-3H3,(H,22,23). The van der Waals surface area contributed by atoms with E-state index in [9.17, 15) is 0 Å². The summed E-state index contributed by atoms with van der Waals surface area (Å²) in [6.07, 6.45) is 0. The summed E-state index contributed by atoms with van der Waals surface area (Å²) >= 11 is 0. The van der Waals surface area contributed by atoms with Gasteiger partial charge in [-0.25, -0.2) is 0 Å². The fraction of sp³-hybridized carbons (Fsp3) is 0.667. The van der Waals surface area contributed by atoms with Crippen LogP contribution in [0, 0.1) is 5.92 Å². The van der Waals surface area contributed by atoms with Crippen molar-refractivity contribution in [1.29, 1.82) is 0 Å². The maximum absolute atomic E-state index is 5.44. The van der Waals surface area contributed by atoms with Crippen molar-refractivity contribution in [3.05, 3.63) is 24.3 Å². The Morgan fingerprint density at radius 3 is 2.39 bits per heavy atom. The Kier molecular flexibility index (Phi) is 7.80. The van der Waals surface area contributed by atoms with Crippen LogP contribution < -0.4 is 15.0 Å². The number of hydrogen-bond donors (Lipinski definition) is 1. The molecule has 156 valence electrons. The van der Waals surface area contributed by atoms with Crippen LogP contribution in [0.4, 0.5) is 5.69 Å². The highest BCUT2D eigenvalue weighted by Gasteiger charge is 2.21. The van der Waals surface area contributed by atoms with Crippen LogP contribution in [0.25, 0.3) is 0 Å². The number of benzene rings is 1. The van der Waals surface area contributed by atoms with Gasteiger partial charge < -0.3 is 24.6 Å². The Labute approximate surface area is 169 Å². The van der Waals surface area contributed by atoms with E-state index in [1.165, 1.54) is 5.69 Å². The van der Waals surface area contributed by atoms with Crippen molar-refractivity contribution < 1.29 is 9.47 Å². The highest BCUT2D eigenvalue weighted by molar-refractivity contribution is 5.80. The second-order valence-electron chi connectivity index (χ2n) is 7.62. The van der Waals surface area contributed by atoms with Crippen molar-refractivity contribution in [3.8, 4) is 5.75 Å². The molecule has 2 aliphatic heterocycles. The van der Waals surface area contributed by atoms with Gasteiger partial charge in [-0.15, -0.1) is 0 Å². The van der Waals surface area contributed by atoms with Crippen LogP contribution in [0.15, 0.2) is 29.3 Å². The summed E-state index contributed by atoms with van der Waals surface area (Å²) in [7, 11) is 3.58. The molecule has 0 amide bonds.